The molecule has 8 heteroatoms. The van der Waals surface area contributed by atoms with Crippen molar-refractivity contribution in [3.05, 3.63) is 95.2 Å². The molecule has 1 aromatic heterocycles. The minimum Gasteiger partial charge on any atom is -0.462 e. The van der Waals surface area contributed by atoms with Crippen molar-refractivity contribution in [3.63, 3.8) is 0 Å². The zero-order chi connectivity index (χ0) is 26.7. The van der Waals surface area contributed by atoms with E-state index < -0.39 is 21.9 Å². The molecule has 0 N–H and O–H groups in total. The predicted molar refractivity (Wildman–Crippen MR) is 142 cm³/mol. The Bertz CT molecular complexity index is 1540. The van der Waals surface area contributed by atoms with Gasteiger partial charge in [0.05, 0.1) is 17.2 Å². The number of anilines is 1. The molecule has 4 aromatic rings. The van der Waals surface area contributed by atoms with E-state index in [1.807, 2.05) is 0 Å². The van der Waals surface area contributed by atoms with Gasteiger partial charge >= 0.3 is 5.97 Å². The van der Waals surface area contributed by atoms with Gasteiger partial charge in [0.1, 0.15) is 16.9 Å². The summed E-state index contributed by atoms with van der Waals surface area (Å²) in [6.45, 7) is 7.67. The maximum absolute atomic E-state index is 13.9. The van der Waals surface area contributed by atoms with E-state index in [1.165, 1.54) is 24.3 Å². The van der Waals surface area contributed by atoms with Gasteiger partial charge in [0.25, 0.3) is 15.9 Å². The Morgan fingerprint density at radius 1 is 0.973 bits per heavy atom. The highest BCUT2D eigenvalue weighted by Crippen LogP contribution is 2.33. The summed E-state index contributed by atoms with van der Waals surface area (Å²) in [5.74, 6) is -0.544. The van der Waals surface area contributed by atoms with Crippen molar-refractivity contribution in [2.24, 2.45) is 5.92 Å². The van der Waals surface area contributed by atoms with Crippen LogP contribution in [0.25, 0.3) is 11.0 Å². The topological polar surface area (TPSA) is 93.9 Å². The van der Waals surface area contributed by atoms with Crippen molar-refractivity contribution in [2.45, 2.75) is 39.0 Å². The molecule has 0 aliphatic heterocycles. The Balaban J connectivity index is 1.88. The lowest BCUT2D eigenvalue weighted by Crippen LogP contribution is -2.37. The molecule has 0 radical (unpaired) electrons. The molecular weight excluding hydrogens is 490 g/mol. The molecule has 0 aliphatic rings. The predicted octanol–water partition coefficient (Wildman–Crippen LogP) is 6.15. The van der Waals surface area contributed by atoms with Gasteiger partial charge in [0, 0.05) is 10.9 Å². The Morgan fingerprint density at radius 2 is 1.65 bits per heavy atom. The molecule has 0 saturated carbocycles. The Hall–Kier alpha value is -3.91. The summed E-state index contributed by atoms with van der Waals surface area (Å²) in [4.78, 5) is 26.3. The van der Waals surface area contributed by atoms with Crippen LogP contribution in [0.5, 0.6) is 0 Å². The van der Waals surface area contributed by atoms with Crippen LogP contribution in [-0.4, -0.2) is 26.9 Å². The first kappa shape index (κ1) is 26.2. The lowest BCUT2D eigenvalue weighted by atomic mass is 10.0. The third kappa shape index (κ3) is 5.29. The summed E-state index contributed by atoms with van der Waals surface area (Å²) in [7, 11) is -4.31. The molecule has 192 valence electrons. The van der Waals surface area contributed by atoms with E-state index in [0.717, 1.165) is 16.3 Å². The monoisotopic (exact) mass is 519 g/mol. The zero-order valence-electron chi connectivity index (χ0n) is 21.2. The van der Waals surface area contributed by atoms with Crippen LogP contribution in [-0.2, 0) is 21.2 Å². The molecule has 0 bridgehead atoms. The first-order valence-electron chi connectivity index (χ1n) is 12.1. The fourth-order valence-electron chi connectivity index (χ4n) is 4.23. The summed E-state index contributed by atoms with van der Waals surface area (Å²) in [5, 5.41) is 0.363. The van der Waals surface area contributed by atoms with E-state index in [9.17, 15) is 18.0 Å². The number of carbonyl (C=O) groups is 2. The van der Waals surface area contributed by atoms with Gasteiger partial charge in [0.15, 0.2) is 0 Å². The molecule has 0 spiro atoms. The molecule has 0 fully saturated rings. The minimum absolute atomic E-state index is 0.0154. The number of carbonyl (C=O) groups excluding carboxylic acids is 2. The van der Waals surface area contributed by atoms with E-state index >= 15 is 0 Å². The van der Waals surface area contributed by atoms with Crippen LogP contribution < -0.4 is 4.31 Å². The van der Waals surface area contributed by atoms with Crippen LogP contribution in [0.3, 0.4) is 0 Å². The lowest BCUT2D eigenvalue weighted by molar-refractivity contribution is 0.0526. The number of hydrogen-bond acceptors (Lipinski definition) is 6. The number of amides is 1. The molecule has 1 amide bonds. The molecular formula is C29H29NO6S. The van der Waals surface area contributed by atoms with Crippen molar-refractivity contribution in [1.29, 1.82) is 0 Å². The van der Waals surface area contributed by atoms with E-state index in [0.29, 0.717) is 22.6 Å². The number of rotatable bonds is 8. The van der Waals surface area contributed by atoms with Gasteiger partial charge in [-0.05, 0) is 74.2 Å². The van der Waals surface area contributed by atoms with Crippen molar-refractivity contribution in [2.75, 3.05) is 10.9 Å². The van der Waals surface area contributed by atoms with Gasteiger partial charge in [-0.1, -0.05) is 44.2 Å². The fourth-order valence-corrected chi connectivity index (χ4v) is 5.63. The average molecular weight is 520 g/mol. The largest absolute Gasteiger partial charge is 0.462 e. The molecule has 3 aromatic carbocycles. The summed E-state index contributed by atoms with van der Waals surface area (Å²) in [6.07, 6.45) is 0.806. The smallest absolute Gasteiger partial charge is 0.342 e. The Labute approximate surface area is 216 Å². The van der Waals surface area contributed by atoms with Crippen LogP contribution in [0.1, 0.15) is 52.8 Å². The second-order valence-corrected chi connectivity index (χ2v) is 10.9. The maximum atomic E-state index is 13.9. The Kier molecular flexibility index (Phi) is 7.50. The lowest BCUT2D eigenvalue weighted by Gasteiger charge is -2.23. The van der Waals surface area contributed by atoms with Crippen molar-refractivity contribution < 1.29 is 27.2 Å². The van der Waals surface area contributed by atoms with Gasteiger partial charge in [-0.3, -0.25) is 4.79 Å². The standard InChI is InChI=1S/C29H29NO6S/c1-5-35-29(32)27-20(4)36-26-16-13-23(18-25(26)27)30(28(31)22-9-7-6-8-10-22)37(33,34)24-14-11-21(12-15-24)17-19(2)3/h6-16,18-19H,5,17H2,1-4H3. The number of benzene rings is 3. The molecule has 0 saturated heterocycles. The highest BCUT2D eigenvalue weighted by Gasteiger charge is 2.33. The average Bonchev–Trinajstić information content (AvgIpc) is 3.19. The van der Waals surface area contributed by atoms with Crippen LogP contribution in [0.2, 0.25) is 0 Å². The number of hydrogen-bond donors (Lipinski definition) is 0. The van der Waals surface area contributed by atoms with E-state index in [2.05, 4.69) is 13.8 Å². The molecule has 0 unspecified atom stereocenters. The fraction of sp³-hybridized carbons (Fsp3) is 0.241. The number of fused-ring (bicyclic) bond motifs is 1. The van der Waals surface area contributed by atoms with Crippen LogP contribution in [0.15, 0.2) is 82.1 Å². The summed E-state index contributed by atoms with van der Waals surface area (Å²) >= 11 is 0. The van der Waals surface area contributed by atoms with Gasteiger partial charge < -0.3 is 9.15 Å². The highest BCUT2D eigenvalue weighted by molar-refractivity contribution is 7.93. The number of furan rings is 1. The van der Waals surface area contributed by atoms with Crippen molar-refractivity contribution in [3.8, 4) is 0 Å². The van der Waals surface area contributed by atoms with E-state index in [1.54, 1.807) is 62.4 Å². The quantitative estimate of drug-likeness (QED) is 0.259. The molecule has 1 heterocycles. The molecule has 4 rings (SSSR count). The SMILES string of the molecule is CCOC(=O)c1c(C)oc2ccc(N(C(=O)c3ccccc3)S(=O)(=O)c3ccc(CC(C)C)cc3)cc12. The number of sulfonamides is 1. The third-order valence-corrected chi connectivity index (χ3v) is 7.60. The summed E-state index contributed by atoms with van der Waals surface area (Å²) in [6, 6.07) is 19.3. The third-order valence-electron chi connectivity index (χ3n) is 5.87. The zero-order valence-corrected chi connectivity index (χ0v) is 22.0. The first-order valence-corrected chi connectivity index (χ1v) is 13.5. The molecule has 37 heavy (non-hydrogen) atoms. The number of aryl methyl sites for hydroxylation is 1. The van der Waals surface area contributed by atoms with Gasteiger partial charge in [0.2, 0.25) is 0 Å². The van der Waals surface area contributed by atoms with Crippen LogP contribution in [0.4, 0.5) is 5.69 Å². The Morgan fingerprint density at radius 3 is 2.27 bits per heavy atom. The van der Waals surface area contributed by atoms with Crippen LogP contribution in [0, 0.1) is 12.8 Å². The van der Waals surface area contributed by atoms with Crippen molar-refractivity contribution >= 4 is 38.6 Å². The first-order chi connectivity index (χ1) is 17.6. The van der Waals surface area contributed by atoms with Gasteiger partial charge in [-0.25, -0.2) is 13.2 Å². The summed E-state index contributed by atoms with van der Waals surface area (Å²) < 4.78 is 39.5. The number of esters is 1. The minimum atomic E-state index is -4.31. The van der Waals surface area contributed by atoms with Crippen LogP contribution >= 0.6 is 0 Å². The second kappa shape index (κ2) is 10.6. The molecule has 7 nitrogen and oxygen atoms in total. The van der Waals surface area contributed by atoms with Gasteiger partial charge in [-0.15, -0.1) is 0 Å². The molecule has 0 atom stereocenters. The number of ether oxygens (including phenoxy) is 1. The molecule has 0 aliphatic carbocycles. The normalized spacial score (nSPS) is 11.6. The van der Waals surface area contributed by atoms with Gasteiger partial charge in [-0.2, -0.15) is 4.31 Å². The highest BCUT2D eigenvalue weighted by atomic mass is 32.2. The van der Waals surface area contributed by atoms with Crippen molar-refractivity contribution in [1.82, 2.24) is 0 Å². The van der Waals surface area contributed by atoms with E-state index in [-0.39, 0.29) is 28.3 Å². The van der Waals surface area contributed by atoms with E-state index in [4.69, 9.17) is 9.15 Å². The second-order valence-electron chi connectivity index (χ2n) is 9.12. The maximum Gasteiger partial charge on any atom is 0.342 e. The summed E-state index contributed by atoms with van der Waals surface area (Å²) in [5.41, 5.74) is 1.87. The number of nitrogens with zero attached hydrogens (tertiary/aromatic N) is 1.